The fraction of sp³-hybridized carbons (Fsp3) is 0.385. The maximum Gasteiger partial charge on any atom is 0.276 e. The topological polar surface area (TPSA) is 92.9 Å². The minimum Gasteiger partial charge on any atom is -0.497 e. The van der Waals surface area contributed by atoms with Gasteiger partial charge in [0.25, 0.3) is 5.91 Å². The maximum atomic E-state index is 13.5. The Morgan fingerprint density at radius 1 is 1.09 bits per heavy atom. The van der Waals surface area contributed by atoms with Gasteiger partial charge in [0, 0.05) is 43.0 Å². The summed E-state index contributed by atoms with van der Waals surface area (Å²) in [5.41, 5.74) is 2.96. The predicted octanol–water partition coefficient (Wildman–Crippen LogP) is 4.03. The zero-order valence-electron chi connectivity index (χ0n) is 20.3. The largest absolute Gasteiger partial charge is 0.497 e. The first-order valence-electron chi connectivity index (χ1n) is 11.8. The summed E-state index contributed by atoms with van der Waals surface area (Å²) in [7, 11) is -1.58. The Balaban J connectivity index is 1.58. The molecule has 1 saturated heterocycles. The van der Waals surface area contributed by atoms with Gasteiger partial charge in [-0.05, 0) is 62.2 Å². The molecule has 1 aromatic heterocycles. The van der Waals surface area contributed by atoms with E-state index in [2.05, 4.69) is 23.9 Å². The average molecular weight is 498 g/mol. The van der Waals surface area contributed by atoms with Gasteiger partial charge in [-0.25, -0.2) is 8.42 Å². The number of rotatable bonds is 9. The summed E-state index contributed by atoms with van der Waals surface area (Å²) >= 11 is 0. The van der Waals surface area contributed by atoms with Crippen molar-refractivity contribution >= 4 is 21.4 Å². The molecule has 9 heteroatoms. The highest BCUT2D eigenvalue weighted by molar-refractivity contribution is 7.91. The van der Waals surface area contributed by atoms with Crippen molar-refractivity contribution in [3.8, 4) is 17.1 Å². The van der Waals surface area contributed by atoms with E-state index in [4.69, 9.17) is 9.26 Å². The summed E-state index contributed by atoms with van der Waals surface area (Å²) in [5.74, 6) is 0.866. The average Bonchev–Trinajstić information content (AvgIpc) is 3.50. The molecule has 0 aliphatic carbocycles. The summed E-state index contributed by atoms with van der Waals surface area (Å²) in [6, 6.07) is 16.5. The molecular weight excluding hydrogens is 466 g/mol. The number of sulfone groups is 1. The van der Waals surface area contributed by atoms with Crippen LogP contribution < -0.4 is 9.64 Å². The van der Waals surface area contributed by atoms with E-state index in [-0.39, 0.29) is 23.1 Å². The Bertz CT molecular complexity index is 1250. The van der Waals surface area contributed by atoms with Crippen LogP contribution in [-0.2, 0) is 16.4 Å². The van der Waals surface area contributed by atoms with Crippen molar-refractivity contribution in [2.45, 2.75) is 32.9 Å². The molecule has 0 N–H and O–H groups in total. The van der Waals surface area contributed by atoms with Crippen LogP contribution in [0.25, 0.3) is 11.3 Å². The molecule has 186 valence electrons. The molecular formula is C26H31N3O5S. The molecule has 4 rings (SSSR count). The Kier molecular flexibility index (Phi) is 7.45. The summed E-state index contributed by atoms with van der Waals surface area (Å²) < 4.78 is 35.0. The molecule has 1 aliphatic rings. The number of amides is 1. The van der Waals surface area contributed by atoms with Crippen molar-refractivity contribution in [2.75, 3.05) is 36.6 Å². The molecule has 8 nitrogen and oxygen atoms in total. The second-order valence-corrected chi connectivity index (χ2v) is 10.9. The van der Waals surface area contributed by atoms with Crippen molar-refractivity contribution < 1.29 is 22.5 Å². The number of methoxy groups -OCH3 is 1. The van der Waals surface area contributed by atoms with Gasteiger partial charge in [-0.2, -0.15) is 0 Å². The molecule has 2 aromatic carbocycles. The summed E-state index contributed by atoms with van der Waals surface area (Å²) in [6.45, 7) is 6.32. The molecule has 1 fully saturated rings. The predicted molar refractivity (Wildman–Crippen MR) is 135 cm³/mol. The highest BCUT2D eigenvalue weighted by Crippen LogP contribution is 2.27. The van der Waals surface area contributed by atoms with Crippen LogP contribution in [0.3, 0.4) is 0 Å². The standard InChI is InChI=1S/C26H31N3O5S/c1-4-28(5-2)21-10-6-19(7-11-21)17-29(22-14-15-35(31,32)18-22)26(30)24-16-25(34-27-24)20-8-12-23(33-3)13-9-20/h6-13,16,22H,4-5,14-15,17-18H2,1-3H3/t22-/m0/s1. The zero-order chi connectivity index (χ0) is 25.0. The monoisotopic (exact) mass is 497 g/mol. The van der Waals surface area contributed by atoms with Crippen molar-refractivity contribution in [1.29, 1.82) is 0 Å². The van der Waals surface area contributed by atoms with E-state index >= 15 is 0 Å². The highest BCUT2D eigenvalue weighted by Gasteiger charge is 2.36. The molecule has 0 unspecified atom stereocenters. The number of benzene rings is 2. The summed E-state index contributed by atoms with van der Waals surface area (Å²) in [5, 5.41) is 4.01. The molecule has 35 heavy (non-hydrogen) atoms. The molecule has 2 heterocycles. The van der Waals surface area contributed by atoms with Gasteiger partial charge in [0.15, 0.2) is 21.3 Å². The Labute approximate surface area is 206 Å². The van der Waals surface area contributed by atoms with Gasteiger partial charge in [0.1, 0.15) is 5.75 Å². The minimum absolute atomic E-state index is 0.0422. The van der Waals surface area contributed by atoms with E-state index < -0.39 is 15.9 Å². The van der Waals surface area contributed by atoms with Crippen LogP contribution in [0.15, 0.2) is 59.1 Å². The van der Waals surface area contributed by atoms with Crippen molar-refractivity contribution in [3.63, 3.8) is 0 Å². The van der Waals surface area contributed by atoms with Crippen LogP contribution in [0, 0.1) is 0 Å². The number of ether oxygens (including phenoxy) is 1. The van der Waals surface area contributed by atoms with Gasteiger partial charge < -0.3 is 19.1 Å². The molecule has 0 radical (unpaired) electrons. The van der Waals surface area contributed by atoms with E-state index in [1.54, 1.807) is 30.2 Å². The number of carbonyl (C=O) groups is 1. The third kappa shape index (κ3) is 5.67. The van der Waals surface area contributed by atoms with Crippen LogP contribution in [0.5, 0.6) is 5.75 Å². The normalized spacial score (nSPS) is 16.7. The molecule has 1 atom stereocenters. The Morgan fingerprint density at radius 3 is 2.34 bits per heavy atom. The number of nitrogens with zero attached hydrogens (tertiary/aromatic N) is 3. The Hall–Kier alpha value is -3.33. The maximum absolute atomic E-state index is 13.5. The molecule has 1 aliphatic heterocycles. The number of hydrogen-bond donors (Lipinski definition) is 0. The second-order valence-electron chi connectivity index (χ2n) is 8.63. The molecule has 0 saturated carbocycles. The molecule has 1 amide bonds. The highest BCUT2D eigenvalue weighted by atomic mass is 32.2. The van der Waals surface area contributed by atoms with E-state index in [0.717, 1.165) is 29.9 Å². The first-order valence-corrected chi connectivity index (χ1v) is 13.6. The summed E-state index contributed by atoms with van der Waals surface area (Å²) in [6.07, 6.45) is 0.412. The van der Waals surface area contributed by atoms with Crippen molar-refractivity contribution in [3.05, 3.63) is 65.9 Å². The quantitative estimate of drug-likeness (QED) is 0.441. The van der Waals surface area contributed by atoms with Gasteiger partial charge in [-0.3, -0.25) is 4.79 Å². The molecule has 0 spiro atoms. The zero-order valence-corrected chi connectivity index (χ0v) is 21.1. The number of carbonyl (C=O) groups excluding carboxylic acids is 1. The van der Waals surface area contributed by atoms with Gasteiger partial charge in [-0.1, -0.05) is 17.3 Å². The fourth-order valence-corrected chi connectivity index (χ4v) is 6.13. The van der Waals surface area contributed by atoms with Crippen molar-refractivity contribution in [2.24, 2.45) is 0 Å². The minimum atomic E-state index is -3.17. The van der Waals surface area contributed by atoms with E-state index in [1.807, 2.05) is 36.4 Å². The summed E-state index contributed by atoms with van der Waals surface area (Å²) in [4.78, 5) is 17.4. The van der Waals surface area contributed by atoms with Crippen LogP contribution in [0.4, 0.5) is 5.69 Å². The lowest BCUT2D eigenvalue weighted by atomic mass is 10.1. The first kappa shape index (κ1) is 24.8. The van der Waals surface area contributed by atoms with Crippen LogP contribution in [-0.4, -0.2) is 62.1 Å². The van der Waals surface area contributed by atoms with Gasteiger partial charge in [0.2, 0.25) is 0 Å². The third-order valence-electron chi connectivity index (χ3n) is 6.43. The lowest BCUT2D eigenvalue weighted by Crippen LogP contribution is -2.40. The van der Waals surface area contributed by atoms with Crippen LogP contribution in [0.2, 0.25) is 0 Å². The molecule has 3 aromatic rings. The van der Waals surface area contributed by atoms with Gasteiger partial charge in [0.05, 0.1) is 18.6 Å². The smallest absolute Gasteiger partial charge is 0.276 e. The van der Waals surface area contributed by atoms with Crippen molar-refractivity contribution in [1.82, 2.24) is 10.1 Å². The van der Waals surface area contributed by atoms with E-state index in [0.29, 0.717) is 24.5 Å². The van der Waals surface area contributed by atoms with Gasteiger partial charge >= 0.3 is 0 Å². The SMILES string of the molecule is CCN(CC)c1ccc(CN(C(=O)c2cc(-c3ccc(OC)cc3)on2)[C@H]2CCS(=O)(=O)C2)cc1. The lowest BCUT2D eigenvalue weighted by molar-refractivity contribution is 0.0670. The Morgan fingerprint density at radius 2 is 1.77 bits per heavy atom. The first-order chi connectivity index (χ1) is 16.8. The van der Waals surface area contributed by atoms with E-state index in [9.17, 15) is 13.2 Å². The number of hydrogen-bond acceptors (Lipinski definition) is 7. The second kappa shape index (κ2) is 10.5. The van der Waals surface area contributed by atoms with Gasteiger partial charge in [-0.15, -0.1) is 0 Å². The lowest BCUT2D eigenvalue weighted by Gasteiger charge is -2.28. The number of anilines is 1. The molecule has 0 bridgehead atoms. The number of aromatic nitrogens is 1. The van der Waals surface area contributed by atoms with Crippen LogP contribution >= 0.6 is 0 Å². The third-order valence-corrected chi connectivity index (χ3v) is 8.18. The van der Waals surface area contributed by atoms with Crippen LogP contribution in [0.1, 0.15) is 36.3 Å². The fourth-order valence-electron chi connectivity index (χ4n) is 4.40. The van der Waals surface area contributed by atoms with E-state index in [1.165, 1.54) is 0 Å².